The Kier molecular flexibility index (Phi) is 6.45. The summed E-state index contributed by atoms with van der Waals surface area (Å²) in [6.07, 6.45) is 2.65. The molecule has 0 spiro atoms. The van der Waals surface area contributed by atoms with Gasteiger partial charge in [0.15, 0.2) is 0 Å². The zero-order valence-electron chi connectivity index (χ0n) is 16.5. The first-order chi connectivity index (χ1) is 13.5. The summed E-state index contributed by atoms with van der Waals surface area (Å²) < 4.78 is 5.00. The molecule has 0 atom stereocenters. The molecule has 1 aromatic heterocycles. The molecule has 2 saturated heterocycles. The Hall–Kier alpha value is -2.68. The van der Waals surface area contributed by atoms with Crippen molar-refractivity contribution >= 4 is 17.9 Å². The summed E-state index contributed by atoms with van der Waals surface area (Å²) in [5.74, 6) is -0.272. The van der Waals surface area contributed by atoms with E-state index in [2.05, 4.69) is 9.88 Å². The van der Waals surface area contributed by atoms with E-state index in [1.54, 1.807) is 27.7 Å². The molecule has 9 heteroatoms. The van der Waals surface area contributed by atoms with Gasteiger partial charge in [0.25, 0.3) is 11.8 Å². The maximum Gasteiger partial charge on any atom is 0.409 e. The van der Waals surface area contributed by atoms with E-state index in [9.17, 15) is 14.4 Å². The van der Waals surface area contributed by atoms with Gasteiger partial charge in [-0.3, -0.25) is 14.6 Å². The summed E-state index contributed by atoms with van der Waals surface area (Å²) >= 11 is 0. The number of hydrogen-bond acceptors (Lipinski definition) is 6. The molecule has 0 saturated carbocycles. The molecule has 152 valence electrons. The van der Waals surface area contributed by atoms with E-state index in [4.69, 9.17) is 4.74 Å². The maximum absolute atomic E-state index is 12.8. The van der Waals surface area contributed by atoms with Crippen molar-refractivity contribution in [3.63, 3.8) is 0 Å². The van der Waals surface area contributed by atoms with Gasteiger partial charge < -0.3 is 24.3 Å². The van der Waals surface area contributed by atoms with Crippen LogP contribution in [0.3, 0.4) is 0 Å². The minimum Gasteiger partial charge on any atom is -0.450 e. The van der Waals surface area contributed by atoms with Gasteiger partial charge in [0, 0.05) is 64.8 Å². The highest BCUT2D eigenvalue weighted by molar-refractivity contribution is 5.99. The Morgan fingerprint density at radius 3 is 1.82 bits per heavy atom. The van der Waals surface area contributed by atoms with Crippen LogP contribution in [0.4, 0.5) is 4.79 Å². The molecule has 0 N–H and O–H groups in total. The average molecular weight is 389 g/mol. The number of pyridine rings is 1. The number of carbonyl (C=O) groups excluding carboxylic acids is 3. The Bertz CT molecular complexity index is 725. The number of aromatic nitrogens is 1. The molecule has 9 nitrogen and oxygen atoms in total. The average Bonchev–Trinajstić information content (AvgIpc) is 2.73. The van der Waals surface area contributed by atoms with Crippen molar-refractivity contribution in [2.45, 2.75) is 6.92 Å². The third kappa shape index (κ3) is 4.59. The standard InChI is InChI=1S/C19H27N5O4/c1-3-28-19(27)24-10-8-23(9-11-24)18(26)16-12-15(13-20-14-16)17(25)22-6-4-21(2)5-7-22/h12-14H,3-11H2,1-2H3. The van der Waals surface area contributed by atoms with Crippen molar-refractivity contribution in [3.05, 3.63) is 29.6 Å². The SMILES string of the molecule is CCOC(=O)N1CCN(C(=O)c2cncc(C(=O)N3CCN(C)CC3)c2)CC1. The fourth-order valence-corrected chi connectivity index (χ4v) is 3.36. The summed E-state index contributed by atoms with van der Waals surface area (Å²) in [5, 5.41) is 0. The van der Waals surface area contributed by atoms with Gasteiger partial charge in [-0.05, 0) is 20.0 Å². The van der Waals surface area contributed by atoms with Crippen LogP contribution < -0.4 is 0 Å². The Morgan fingerprint density at radius 1 is 0.857 bits per heavy atom. The van der Waals surface area contributed by atoms with Crippen LogP contribution in [-0.4, -0.2) is 109 Å². The lowest BCUT2D eigenvalue weighted by Crippen LogP contribution is -2.50. The van der Waals surface area contributed by atoms with Crippen molar-refractivity contribution in [2.75, 3.05) is 66.0 Å². The van der Waals surface area contributed by atoms with Gasteiger partial charge >= 0.3 is 6.09 Å². The number of carbonyl (C=O) groups is 3. The molecular weight excluding hydrogens is 362 g/mol. The zero-order valence-corrected chi connectivity index (χ0v) is 16.5. The summed E-state index contributed by atoms with van der Waals surface area (Å²) in [5.41, 5.74) is 0.824. The molecule has 0 aliphatic carbocycles. The van der Waals surface area contributed by atoms with Crippen molar-refractivity contribution < 1.29 is 19.1 Å². The fourth-order valence-electron chi connectivity index (χ4n) is 3.36. The third-order valence-electron chi connectivity index (χ3n) is 5.12. The van der Waals surface area contributed by atoms with Crippen LogP contribution in [0.5, 0.6) is 0 Å². The molecule has 3 amide bonds. The highest BCUT2D eigenvalue weighted by atomic mass is 16.6. The Morgan fingerprint density at radius 2 is 1.32 bits per heavy atom. The highest BCUT2D eigenvalue weighted by Gasteiger charge is 2.27. The van der Waals surface area contributed by atoms with Crippen LogP contribution in [0.25, 0.3) is 0 Å². The molecule has 0 aromatic carbocycles. The summed E-state index contributed by atoms with van der Waals surface area (Å²) in [4.78, 5) is 48.7. The molecule has 1 aromatic rings. The monoisotopic (exact) mass is 389 g/mol. The summed E-state index contributed by atoms with van der Waals surface area (Å²) in [7, 11) is 2.03. The van der Waals surface area contributed by atoms with Crippen LogP contribution in [-0.2, 0) is 4.74 Å². The van der Waals surface area contributed by atoms with Crippen LogP contribution >= 0.6 is 0 Å². The molecular formula is C19H27N5O4. The van der Waals surface area contributed by atoms with E-state index >= 15 is 0 Å². The molecule has 0 bridgehead atoms. The molecule has 3 heterocycles. The number of piperazine rings is 2. The zero-order chi connectivity index (χ0) is 20.1. The van der Waals surface area contributed by atoms with E-state index < -0.39 is 0 Å². The normalized spacial score (nSPS) is 18.1. The van der Waals surface area contributed by atoms with Crippen molar-refractivity contribution in [1.82, 2.24) is 24.6 Å². The topological polar surface area (TPSA) is 86.3 Å². The summed E-state index contributed by atoms with van der Waals surface area (Å²) in [6.45, 7) is 6.81. The molecule has 0 unspecified atom stereocenters. The van der Waals surface area contributed by atoms with Crippen LogP contribution in [0.15, 0.2) is 18.5 Å². The Labute approximate surface area is 164 Å². The lowest BCUT2D eigenvalue weighted by Gasteiger charge is -2.34. The molecule has 3 rings (SSSR count). The lowest BCUT2D eigenvalue weighted by molar-refractivity contribution is 0.0569. The van der Waals surface area contributed by atoms with E-state index in [0.29, 0.717) is 57.0 Å². The molecule has 2 fully saturated rings. The lowest BCUT2D eigenvalue weighted by atomic mass is 10.1. The van der Waals surface area contributed by atoms with Gasteiger partial charge in [-0.2, -0.15) is 0 Å². The number of rotatable bonds is 3. The van der Waals surface area contributed by atoms with Crippen molar-refractivity contribution in [2.24, 2.45) is 0 Å². The number of amides is 3. The minimum atomic E-state index is -0.351. The molecule has 0 radical (unpaired) electrons. The summed E-state index contributed by atoms with van der Waals surface area (Å²) in [6, 6.07) is 1.62. The molecule has 2 aliphatic heterocycles. The second-order valence-electron chi connectivity index (χ2n) is 7.04. The first-order valence-corrected chi connectivity index (χ1v) is 9.63. The third-order valence-corrected chi connectivity index (χ3v) is 5.12. The van der Waals surface area contributed by atoms with E-state index in [1.807, 2.05) is 7.05 Å². The van der Waals surface area contributed by atoms with Crippen LogP contribution in [0, 0.1) is 0 Å². The van der Waals surface area contributed by atoms with E-state index in [1.165, 1.54) is 12.4 Å². The maximum atomic E-state index is 12.8. The highest BCUT2D eigenvalue weighted by Crippen LogP contribution is 2.13. The first kappa shape index (κ1) is 20.1. The second kappa shape index (κ2) is 9.01. The smallest absolute Gasteiger partial charge is 0.409 e. The van der Waals surface area contributed by atoms with Gasteiger partial charge in [-0.1, -0.05) is 0 Å². The van der Waals surface area contributed by atoms with Crippen LogP contribution in [0.1, 0.15) is 27.6 Å². The Balaban J connectivity index is 1.61. The van der Waals surface area contributed by atoms with Gasteiger partial charge in [-0.15, -0.1) is 0 Å². The predicted molar refractivity (Wildman–Crippen MR) is 102 cm³/mol. The van der Waals surface area contributed by atoms with Gasteiger partial charge in [-0.25, -0.2) is 4.79 Å². The van der Waals surface area contributed by atoms with E-state index in [-0.39, 0.29) is 17.9 Å². The van der Waals surface area contributed by atoms with Gasteiger partial charge in [0.2, 0.25) is 0 Å². The van der Waals surface area contributed by atoms with Gasteiger partial charge in [0.1, 0.15) is 0 Å². The molecule has 28 heavy (non-hydrogen) atoms. The number of hydrogen-bond donors (Lipinski definition) is 0. The van der Waals surface area contributed by atoms with E-state index in [0.717, 1.165) is 13.1 Å². The van der Waals surface area contributed by atoms with Gasteiger partial charge in [0.05, 0.1) is 17.7 Å². The van der Waals surface area contributed by atoms with Crippen LogP contribution in [0.2, 0.25) is 0 Å². The number of likely N-dealkylation sites (N-methyl/N-ethyl adjacent to an activating group) is 1. The second-order valence-corrected chi connectivity index (χ2v) is 7.04. The number of nitrogens with zero attached hydrogens (tertiary/aromatic N) is 5. The quantitative estimate of drug-likeness (QED) is 0.743. The number of ether oxygens (including phenoxy) is 1. The van der Waals surface area contributed by atoms with Crippen molar-refractivity contribution in [3.8, 4) is 0 Å². The van der Waals surface area contributed by atoms with Crippen molar-refractivity contribution in [1.29, 1.82) is 0 Å². The first-order valence-electron chi connectivity index (χ1n) is 9.63. The minimum absolute atomic E-state index is 0.0950. The predicted octanol–water partition coefficient (Wildman–Crippen LogP) is 0.384. The fraction of sp³-hybridized carbons (Fsp3) is 0.579. The largest absolute Gasteiger partial charge is 0.450 e. The molecule has 2 aliphatic rings.